The molecule has 3 nitrogen and oxygen atoms in total. The number of nitrogens with one attached hydrogen (secondary N) is 1. The second-order valence-corrected chi connectivity index (χ2v) is 3.98. The van der Waals surface area contributed by atoms with Gasteiger partial charge in [-0.2, -0.15) is 0 Å². The predicted octanol–water partition coefficient (Wildman–Crippen LogP) is 2.07. The van der Waals surface area contributed by atoms with Crippen LogP contribution in [-0.4, -0.2) is 18.1 Å². The number of cyclic esters (lactones) is 1. The third-order valence-corrected chi connectivity index (χ3v) is 2.46. The topological polar surface area (TPSA) is 38.3 Å². The normalized spacial score (nSPS) is 25.1. The van der Waals surface area contributed by atoms with Crippen molar-refractivity contribution in [1.29, 1.82) is 0 Å². The van der Waals surface area contributed by atoms with E-state index in [2.05, 4.69) is 5.32 Å². The molecule has 0 bridgehead atoms. The van der Waals surface area contributed by atoms with E-state index in [4.69, 9.17) is 16.3 Å². The van der Waals surface area contributed by atoms with Gasteiger partial charge in [-0.05, 0) is 31.2 Å². The van der Waals surface area contributed by atoms with Gasteiger partial charge in [-0.25, -0.2) is 4.79 Å². The molecule has 14 heavy (non-hydrogen) atoms. The lowest BCUT2D eigenvalue weighted by Gasteiger charge is -2.37. The molecule has 4 heteroatoms. The van der Waals surface area contributed by atoms with Gasteiger partial charge in [-0.1, -0.05) is 11.6 Å². The highest BCUT2D eigenvalue weighted by Crippen LogP contribution is 2.24. The summed E-state index contributed by atoms with van der Waals surface area (Å²) < 4.78 is 4.71. The maximum absolute atomic E-state index is 11.1. The Morgan fingerprint density at radius 2 is 2.07 bits per heavy atom. The van der Waals surface area contributed by atoms with E-state index in [1.54, 1.807) is 12.1 Å². The summed E-state index contributed by atoms with van der Waals surface area (Å²) in [7, 11) is 0. The van der Waals surface area contributed by atoms with E-state index in [9.17, 15) is 4.79 Å². The second kappa shape index (κ2) is 3.17. The number of rotatable bonds is 2. The average Bonchev–Trinajstić information content (AvgIpc) is 2.19. The number of halogens is 1. The molecule has 1 fully saturated rings. The molecule has 1 atom stereocenters. The lowest BCUT2D eigenvalue weighted by Crippen LogP contribution is -2.58. The quantitative estimate of drug-likeness (QED) is 0.762. The molecule has 1 heterocycles. The van der Waals surface area contributed by atoms with Crippen molar-refractivity contribution in [3.8, 4) is 0 Å². The SMILES string of the molecule is CC1(Nc2ccc(Cl)cc2)COC1=O. The van der Waals surface area contributed by atoms with E-state index in [0.717, 1.165) is 5.69 Å². The van der Waals surface area contributed by atoms with Crippen molar-refractivity contribution >= 4 is 23.3 Å². The Bertz CT molecular complexity index is 363. The van der Waals surface area contributed by atoms with Crippen molar-refractivity contribution in [3.63, 3.8) is 0 Å². The van der Waals surface area contributed by atoms with E-state index in [0.29, 0.717) is 11.6 Å². The van der Waals surface area contributed by atoms with Crippen LogP contribution in [0.15, 0.2) is 24.3 Å². The van der Waals surface area contributed by atoms with Gasteiger partial charge >= 0.3 is 5.97 Å². The molecule has 0 aliphatic carbocycles. The standard InChI is InChI=1S/C10H10ClNO2/c1-10(6-14-9(10)13)12-8-4-2-7(11)3-5-8/h2-5,12H,6H2,1H3. The minimum Gasteiger partial charge on any atom is -0.461 e. The van der Waals surface area contributed by atoms with E-state index in [1.807, 2.05) is 19.1 Å². The first-order chi connectivity index (χ1) is 6.60. The first-order valence-corrected chi connectivity index (χ1v) is 4.69. The number of benzene rings is 1. The molecule has 1 aromatic rings. The molecular weight excluding hydrogens is 202 g/mol. The molecular formula is C10H10ClNO2. The third kappa shape index (κ3) is 1.55. The Morgan fingerprint density at radius 3 is 2.50 bits per heavy atom. The Morgan fingerprint density at radius 1 is 1.43 bits per heavy atom. The molecule has 1 aromatic carbocycles. The molecule has 0 radical (unpaired) electrons. The fourth-order valence-electron chi connectivity index (χ4n) is 1.29. The smallest absolute Gasteiger partial charge is 0.335 e. The lowest BCUT2D eigenvalue weighted by atomic mass is 9.99. The molecule has 0 amide bonds. The van der Waals surface area contributed by atoms with Gasteiger partial charge in [0, 0.05) is 10.7 Å². The van der Waals surface area contributed by atoms with Crippen LogP contribution in [0.5, 0.6) is 0 Å². The zero-order valence-corrected chi connectivity index (χ0v) is 8.47. The number of carbonyl (C=O) groups is 1. The van der Waals surface area contributed by atoms with E-state index in [-0.39, 0.29) is 5.97 Å². The molecule has 0 aromatic heterocycles. The van der Waals surface area contributed by atoms with Gasteiger partial charge in [0.15, 0.2) is 5.54 Å². The van der Waals surface area contributed by atoms with Crippen molar-refractivity contribution in [2.24, 2.45) is 0 Å². The van der Waals surface area contributed by atoms with Crippen LogP contribution < -0.4 is 5.32 Å². The maximum atomic E-state index is 11.1. The van der Waals surface area contributed by atoms with Crippen molar-refractivity contribution < 1.29 is 9.53 Å². The zero-order chi connectivity index (χ0) is 10.2. The van der Waals surface area contributed by atoms with Gasteiger partial charge < -0.3 is 10.1 Å². The van der Waals surface area contributed by atoms with Crippen LogP contribution in [0, 0.1) is 0 Å². The second-order valence-electron chi connectivity index (χ2n) is 3.54. The summed E-state index contributed by atoms with van der Waals surface area (Å²) in [6.45, 7) is 2.22. The fourth-order valence-corrected chi connectivity index (χ4v) is 1.41. The average molecular weight is 212 g/mol. The molecule has 1 saturated heterocycles. The van der Waals surface area contributed by atoms with Crippen molar-refractivity contribution in [1.82, 2.24) is 0 Å². The van der Waals surface area contributed by atoms with Crippen molar-refractivity contribution in [2.45, 2.75) is 12.5 Å². The zero-order valence-electron chi connectivity index (χ0n) is 7.71. The molecule has 1 aliphatic heterocycles. The van der Waals surface area contributed by atoms with Gasteiger partial charge in [0.05, 0.1) is 0 Å². The third-order valence-electron chi connectivity index (χ3n) is 2.21. The summed E-state index contributed by atoms with van der Waals surface area (Å²) in [6.07, 6.45) is 0. The highest BCUT2D eigenvalue weighted by atomic mass is 35.5. The summed E-state index contributed by atoms with van der Waals surface area (Å²) in [4.78, 5) is 11.1. The number of hydrogen-bond acceptors (Lipinski definition) is 3. The van der Waals surface area contributed by atoms with Crippen LogP contribution in [0.25, 0.3) is 0 Å². The first-order valence-electron chi connectivity index (χ1n) is 4.31. The van der Waals surface area contributed by atoms with Gasteiger partial charge in [-0.3, -0.25) is 0 Å². The van der Waals surface area contributed by atoms with Gasteiger partial charge in [0.2, 0.25) is 0 Å². The Balaban J connectivity index is 2.11. The minimum absolute atomic E-state index is 0.215. The fraction of sp³-hybridized carbons (Fsp3) is 0.300. The predicted molar refractivity (Wildman–Crippen MR) is 54.4 cm³/mol. The Labute approximate surface area is 87.0 Å². The van der Waals surface area contributed by atoms with Crippen LogP contribution in [0.4, 0.5) is 5.69 Å². The van der Waals surface area contributed by atoms with Gasteiger partial charge in [0.1, 0.15) is 6.61 Å². The molecule has 0 spiro atoms. The van der Waals surface area contributed by atoms with Crippen molar-refractivity contribution in [3.05, 3.63) is 29.3 Å². The molecule has 1 unspecified atom stereocenters. The number of esters is 1. The maximum Gasteiger partial charge on any atom is 0.335 e. The number of anilines is 1. The van der Waals surface area contributed by atoms with Crippen LogP contribution in [0.1, 0.15) is 6.92 Å². The van der Waals surface area contributed by atoms with Crippen LogP contribution in [0.2, 0.25) is 5.02 Å². The first kappa shape index (κ1) is 9.34. The number of carbonyl (C=O) groups excluding carboxylic acids is 1. The van der Waals surface area contributed by atoms with Crippen molar-refractivity contribution in [2.75, 3.05) is 11.9 Å². The Kier molecular flexibility index (Phi) is 2.11. The highest BCUT2D eigenvalue weighted by molar-refractivity contribution is 6.30. The largest absolute Gasteiger partial charge is 0.461 e. The Hall–Kier alpha value is -1.22. The summed E-state index contributed by atoms with van der Waals surface area (Å²) in [5.41, 5.74) is 0.293. The number of ether oxygens (including phenoxy) is 1. The van der Waals surface area contributed by atoms with Crippen LogP contribution in [0.3, 0.4) is 0 Å². The molecule has 1 aliphatic rings. The van der Waals surface area contributed by atoms with Crippen LogP contribution >= 0.6 is 11.6 Å². The summed E-state index contributed by atoms with van der Waals surface area (Å²) in [6, 6.07) is 7.22. The lowest BCUT2D eigenvalue weighted by molar-refractivity contribution is -0.168. The van der Waals surface area contributed by atoms with Gasteiger partial charge in [0.25, 0.3) is 0 Å². The molecule has 0 saturated carbocycles. The van der Waals surface area contributed by atoms with Gasteiger partial charge in [-0.15, -0.1) is 0 Å². The molecule has 1 N–H and O–H groups in total. The van der Waals surface area contributed by atoms with E-state index in [1.165, 1.54) is 0 Å². The highest BCUT2D eigenvalue weighted by Gasteiger charge is 2.44. The molecule has 74 valence electrons. The molecule has 2 rings (SSSR count). The number of hydrogen-bond donors (Lipinski definition) is 1. The van der Waals surface area contributed by atoms with E-state index < -0.39 is 5.54 Å². The minimum atomic E-state index is -0.576. The summed E-state index contributed by atoms with van der Waals surface area (Å²) >= 11 is 5.74. The summed E-state index contributed by atoms with van der Waals surface area (Å²) in [5, 5.41) is 3.78. The van der Waals surface area contributed by atoms with E-state index >= 15 is 0 Å². The monoisotopic (exact) mass is 211 g/mol. The summed E-state index contributed by atoms with van der Waals surface area (Å²) in [5.74, 6) is -0.215. The van der Waals surface area contributed by atoms with Crippen LogP contribution in [-0.2, 0) is 9.53 Å².